The van der Waals surface area contributed by atoms with Crippen molar-refractivity contribution in [3.63, 3.8) is 0 Å². The molecular weight excluding hydrogens is 484 g/mol. The number of nitrogen functional groups attached to an aromatic ring is 1. The molecule has 2 unspecified atom stereocenters. The standard InChI is InChI=1S/C27H38N8O3/c1-4-14-33-25(37)24-27(5-2,34(26(33)38)15-11-20-9-7-8-10-22(20)28)31-23(18-21-19-29-12-13-30-21)35(24)32(6-3)16-17-36/h7-10,12-13,19,24,36H,4-6,11,14-18,28H2,1-3H3. The number of amides is 3. The molecule has 2 atom stereocenters. The molecule has 204 valence electrons. The molecule has 2 aliphatic rings. The number of fused-ring (bicyclic) bond motifs is 1. The molecule has 38 heavy (non-hydrogen) atoms. The zero-order valence-corrected chi connectivity index (χ0v) is 22.5. The highest BCUT2D eigenvalue weighted by atomic mass is 16.3. The fourth-order valence-electron chi connectivity index (χ4n) is 5.48. The van der Waals surface area contributed by atoms with E-state index in [1.807, 2.05) is 55.1 Å². The SMILES string of the molecule is CCCN1C(=O)C2N(N(CC)CCO)C(Cc3cnccn3)=NC2(CC)N(CCc2ccccc2N)C1=O. The quantitative estimate of drug-likeness (QED) is 0.404. The van der Waals surface area contributed by atoms with Crippen molar-refractivity contribution in [3.05, 3.63) is 54.1 Å². The van der Waals surface area contributed by atoms with Gasteiger partial charge in [0, 0.05) is 50.5 Å². The van der Waals surface area contributed by atoms with Gasteiger partial charge in [-0.2, -0.15) is 0 Å². The van der Waals surface area contributed by atoms with Crippen molar-refractivity contribution in [2.75, 3.05) is 38.5 Å². The topological polar surface area (TPSA) is 131 Å². The Bertz CT molecular complexity index is 1160. The highest BCUT2D eigenvalue weighted by Gasteiger charge is 2.62. The summed E-state index contributed by atoms with van der Waals surface area (Å²) >= 11 is 0. The number of anilines is 1. The molecule has 0 saturated carbocycles. The van der Waals surface area contributed by atoms with E-state index in [0.717, 1.165) is 5.56 Å². The predicted octanol–water partition coefficient (Wildman–Crippen LogP) is 1.94. The molecule has 11 nitrogen and oxygen atoms in total. The number of amidine groups is 1. The molecule has 0 spiro atoms. The van der Waals surface area contributed by atoms with Crippen LogP contribution < -0.4 is 5.73 Å². The van der Waals surface area contributed by atoms with Gasteiger partial charge in [-0.05, 0) is 30.9 Å². The van der Waals surface area contributed by atoms with Crippen LogP contribution in [0.1, 0.15) is 44.9 Å². The number of aromatic nitrogens is 2. The number of urea groups is 1. The lowest BCUT2D eigenvalue weighted by Crippen LogP contribution is -2.74. The van der Waals surface area contributed by atoms with Crippen LogP contribution in [-0.4, -0.2) is 97.2 Å². The minimum atomic E-state index is -1.11. The van der Waals surface area contributed by atoms with Gasteiger partial charge in [0.15, 0.2) is 11.7 Å². The number of aliphatic hydroxyl groups excluding tert-OH is 1. The largest absolute Gasteiger partial charge is 0.399 e. The summed E-state index contributed by atoms with van der Waals surface area (Å²) in [5.74, 6) is 0.347. The monoisotopic (exact) mass is 522 g/mol. The summed E-state index contributed by atoms with van der Waals surface area (Å²) in [7, 11) is 0. The molecule has 2 aliphatic heterocycles. The van der Waals surface area contributed by atoms with Crippen LogP contribution in [0.15, 0.2) is 47.8 Å². The number of hydrogen-bond acceptors (Lipinski definition) is 9. The van der Waals surface area contributed by atoms with E-state index >= 15 is 0 Å². The highest BCUT2D eigenvalue weighted by molar-refractivity contribution is 6.05. The zero-order valence-electron chi connectivity index (χ0n) is 22.5. The van der Waals surface area contributed by atoms with Gasteiger partial charge in [0.1, 0.15) is 5.84 Å². The van der Waals surface area contributed by atoms with Crippen LogP contribution >= 0.6 is 0 Å². The second-order valence-corrected chi connectivity index (χ2v) is 9.52. The second kappa shape index (κ2) is 11.9. The Morgan fingerprint density at radius 1 is 1.13 bits per heavy atom. The maximum Gasteiger partial charge on any atom is 0.328 e. The number of hydrogen-bond donors (Lipinski definition) is 2. The van der Waals surface area contributed by atoms with Gasteiger partial charge in [0.05, 0.1) is 18.7 Å². The van der Waals surface area contributed by atoms with E-state index in [1.165, 1.54) is 4.90 Å². The lowest BCUT2D eigenvalue weighted by atomic mass is 9.91. The van der Waals surface area contributed by atoms with Crippen molar-refractivity contribution < 1.29 is 14.7 Å². The molecule has 0 aliphatic carbocycles. The van der Waals surface area contributed by atoms with Crippen molar-refractivity contribution in [1.29, 1.82) is 0 Å². The minimum absolute atomic E-state index is 0.0859. The number of para-hydroxylation sites is 1. The fourth-order valence-corrected chi connectivity index (χ4v) is 5.48. The third kappa shape index (κ3) is 4.95. The molecule has 3 amide bonds. The lowest BCUT2D eigenvalue weighted by Gasteiger charge is -2.51. The van der Waals surface area contributed by atoms with Crippen LogP contribution in [0.3, 0.4) is 0 Å². The molecule has 1 fully saturated rings. The second-order valence-electron chi connectivity index (χ2n) is 9.52. The van der Waals surface area contributed by atoms with Crippen LogP contribution in [0.25, 0.3) is 0 Å². The molecule has 4 rings (SSSR count). The van der Waals surface area contributed by atoms with Crippen LogP contribution in [0.4, 0.5) is 10.5 Å². The molecule has 3 N–H and O–H groups in total. The molecular formula is C27H38N8O3. The first-order valence-electron chi connectivity index (χ1n) is 13.4. The van der Waals surface area contributed by atoms with Gasteiger partial charge in [0.25, 0.3) is 5.91 Å². The van der Waals surface area contributed by atoms with Crippen molar-refractivity contribution >= 4 is 23.5 Å². The maximum absolute atomic E-state index is 14.1. The number of nitrogens with two attached hydrogens (primary N) is 1. The smallest absolute Gasteiger partial charge is 0.328 e. The van der Waals surface area contributed by atoms with Crippen LogP contribution in [-0.2, 0) is 17.6 Å². The third-order valence-corrected chi connectivity index (χ3v) is 7.31. The Morgan fingerprint density at radius 3 is 2.55 bits per heavy atom. The van der Waals surface area contributed by atoms with E-state index in [2.05, 4.69) is 9.97 Å². The number of aliphatic hydroxyl groups is 1. The van der Waals surface area contributed by atoms with E-state index in [0.29, 0.717) is 69.1 Å². The van der Waals surface area contributed by atoms with E-state index in [1.54, 1.807) is 23.5 Å². The van der Waals surface area contributed by atoms with Gasteiger partial charge in [-0.1, -0.05) is 39.0 Å². The Morgan fingerprint density at radius 2 is 1.92 bits per heavy atom. The van der Waals surface area contributed by atoms with Gasteiger partial charge in [-0.25, -0.2) is 14.8 Å². The molecule has 0 bridgehead atoms. The maximum atomic E-state index is 14.1. The van der Waals surface area contributed by atoms with Gasteiger partial charge in [0.2, 0.25) is 0 Å². The Labute approximate surface area is 223 Å². The van der Waals surface area contributed by atoms with Gasteiger partial charge in [-0.15, -0.1) is 0 Å². The number of carbonyl (C=O) groups is 2. The van der Waals surface area contributed by atoms with Crippen molar-refractivity contribution in [2.24, 2.45) is 4.99 Å². The summed E-state index contributed by atoms with van der Waals surface area (Å²) in [6, 6.07) is 6.52. The van der Waals surface area contributed by atoms with Crippen LogP contribution in [0.2, 0.25) is 0 Å². The molecule has 11 heteroatoms. The molecule has 2 aromatic rings. The normalized spacial score (nSPS) is 21.3. The zero-order chi connectivity index (χ0) is 27.3. The number of imide groups is 1. The van der Waals surface area contributed by atoms with E-state index in [9.17, 15) is 14.7 Å². The van der Waals surface area contributed by atoms with Crippen LogP contribution in [0.5, 0.6) is 0 Å². The van der Waals surface area contributed by atoms with E-state index < -0.39 is 11.7 Å². The van der Waals surface area contributed by atoms with Crippen molar-refractivity contribution in [1.82, 2.24) is 29.8 Å². The summed E-state index contributed by atoms with van der Waals surface area (Å²) in [6.45, 7) is 7.33. The summed E-state index contributed by atoms with van der Waals surface area (Å²) < 4.78 is 0. The first-order valence-corrected chi connectivity index (χ1v) is 13.4. The van der Waals surface area contributed by atoms with Crippen molar-refractivity contribution in [3.8, 4) is 0 Å². The number of carbonyl (C=O) groups excluding carboxylic acids is 2. The predicted molar refractivity (Wildman–Crippen MR) is 145 cm³/mol. The average Bonchev–Trinajstić information content (AvgIpc) is 3.26. The fraction of sp³-hybridized carbons (Fsp3) is 0.519. The molecule has 3 heterocycles. The Kier molecular flexibility index (Phi) is 8.58. The van der Waals surface area contributed by atoms with Gasteiger partial charge >= 0.3 is 6.03 Å². The Hall–Kier alpha value is -3.57. The summed E-state index contributed by atoms with van der Waals surface area (Å²) in [6.07, 6.45) is 6.86. The minimum Gasteiger partial charge on any atom is -0.399 e. The summed E-state index contributed by atoms with van der Waals surface area (Å²) in [5, 5.41) is 13.7. The molecule has 1 aromatic carbocycles. The van der Waals surface area contributed by atoms with Gasteiger partial charge < -0.3 is 10.8 Å². The lowest BCUT2D eigenvalue weighted by molar-refractivity contribution is -0.151. The molecule has 1 saturated heterocycles. The van der Waals surface area contributed by atoms with E-state index in [4.69, 9.17) is 10.7 Å². The number of aliphatic imine (C=N–C) groups is 1. The third-order valence-electron chi connectivity index (χ3n) is 7.31. The highest BCUT2D eigenvalue weighted by Crippen LogP contribution is 2.41. The number of benzene rings is 1. The number of likely N-dealkylation sites (N-methyl/N-ethyl adjacent to an activating group) is 1. The summed E-state index contributed by atoms with van der Waals surface area (Å²) in [5.41, 5.74) is 7.42. The summed E-state index contributed by atoms with van der Waals surface area (Å²) in [4.78, 5) is 44.9. The first kappa shape index (κ1) is 27.5. The molecule has 0 radical (unpaired) electrons. The number of nitrogens with zero attached hydrogens (tertiary/aromatic N) is 7. The number of hydrazine groups is 1. The molecule has 1 aromatic heterocycles. The number of rotatable bonds is 12. The van der Waals surface area contributed by atoms with Crippen LogP contribution in [0, 0.1) is 0 Å². The van der Waals surface area contributed by atoms with E-state index in [-0.39, 0.29) is 18.5 Å². The van der Waals surface area contributed by atoms with Crippen molar-refractivity contribution in [2.45, 2.75) is 58.2 Å². The Balaban J connectivity index is 1.82. The first-order chi connectivity index (χ1) is 18.4. The van der Waals surface area contributed by atoms with Gasteiger partial charge in [-0.3, -0.25) is 29.6 Å². The average molecular weight is 523 g/mol.